The first-order valence-corrected chi connectivity index (χ1v) is 7.93. The SMILES string of the molecule is COC(=O)c1cc2c(o1)c1ccccc1n2Cc1cccc(OC)c1. The van der Waals surface area contributed by atoms with Gasteiger partial charge >= 0.3 is 5.97 Å². The third-order valence-corrected chi connectivity index (χ3v) is 4.30. The van der Waals surface area contributed by atoms with Gasteiger partial charge in [-0.25, -0.2) is 4.79 Å². The smallest absolute Gasteiger partial charge is 0.374 e. The van der Waals surface area contributed by atoms with Crippen LogP contribution in [-0.4, -0.2) is 24.8 Å². The van der Waals surface area contributed by atoms with Gasteiger partial charge in [0, 0.05) is 18.0 Å². The van der Waals surface area contributed by atoms with Crippen LogP contribution in [0.4, 0.5) is 0 Å². The Morgan fingerprint density at radius 1 is 1.04 bits per heavy atom. The first-order chi connectivity index (χ1) is 12.2. The molecule has 2 heterocycles. The van der Waals surface area contributed by atoms with Gasteiger partial charge < -0.3 is 18.5 Å². The highest BCUT2D eigenvalue weighted by Crippen LogP contribution is 2.32. The number of para-hydroxylation sites is 1. The summed E-state index contributed by atoms with van der Waals surface area (Å²) >= 11 is 0. The predicted octanol–water partition coefficient (Wildman–Crippen LogP) is 4.23. The topological polar surface area (TPSA) is 53.6 Å². The average molecular weight is 335 g/mol. The first kappa shape index (κ1) is 15.3. The second-order valence-electron chi connectivity index (χ2n) is 5.77. The molecule has 0 N–H and O–H groups in total. The van der Waals surface area contributed by atoms with Crippen molar-refractivity contribution in [2.24, 2.45) is 0 Å². The molecule has 25 heavy (non-hydrogen) atoms. The number of nitrogens with zero attached hydrogens (tertiary/aromatic N) is 1. The maximum absolute atomic E-state index is 11.8. The molecule has 0 fully saturated rings. The van der Waals surface area contributed by atoms with Crippen LogP contribution in [0.25, 0.3) is 22.0 Å². The highest BCUT2D eigenvalue weighted by Gasteiger charge is 2.19. The Labute approximate surface area is 144 Å². The van der Waals surface area contributed by atoms with Gasteiger partial charge in [0.05, 0.1) is 25.3 Å². The van der Waals surface area contributed by atoms with Crippen LogP contribution >= 0.6 is 0 Å². The van der Waals surface area contributed by atoms with Crippen LogP contribution in [0.2, 0.25) is 0 Å². The summed E-state index contributed by atoms with van der Waals surface area (Å²) in [6.07, 6.45) is 0. The molecular formula is C20H17NO4. The third-order valence-electron chi connectivity index (χ3n) is 4.30. The van der Waals surface area contributed by atoms with Crippen LogP contribution in [0.1, 0.15) is 16.1 Å². The van der Waals surface area contributed by atoms with E-state index in [1.165, 1.54) is 7.11 Å². The third kappa shape index (κ3) is 2.54. The maximum Gasteiger partial charge on any atom is 0.374 e. The van der Waals surface area contributed by atoms with Crippen LogP contribution in [0, 0.1) is 0 Å². The molecule has 4 rings (SSSR count). The zero-order valence-electron chi connectivity index (χ0n) is 14.0. The number of methoxy groups -OCH3 is 2. The fourth-order valence-electron chi connectivity index (χ4n) is 3.13. The minimum absolute atomic E-state index is 0.206. The summed E-state index contributed by atoms with van der Waals surface area (Å²) in [7, 11) is 3.00. The quantitative estimate of drug-likeness (QED) is 0.524. The van der Waals surface area contributed by atoms with Gasteiger partial charge in [-0.1, -0.05) is 24.3 Å². The van der Waals surface area contributed by atoms with E-state index < -0.39 is 5.97 Å². The first-order valence-electron chi connectivity index (χ1n) is 7.93. The number of hydrogen-bond acceptors (Lipinski definition) is 4. The molecule has 0 spiro atoms. The summed E-state index contributed by atoms with van der Waals surface area (Å²) < 4.78 is 18.0. The van der Waals surface area contributed by atoms with Gasteiger partial charge in [-0.2, -0.15) is 0 Å². The molecule has 0 radical (unpaired) electrons. The average Bonchev–Trinajstić information content (AvgIpc) is 3.21. The van der Waals surface area contributed by atoms with Crippen molar-refractivity contribution in [3.63, 3.8) is 0 Å². The lowest BCUT2D eigenvalue weighted by Crippen LogP contribution is -2.01. The van der Waals surface area contributed by atoms with Gasteiger partial charge in [0.25, 0.3) is 0 Å². The van der Waals surface area contributed by atoms with Gasteiger partial charge in [0.1, 0.15) is 5.75 Å². The maximum atomic E-state index is 11.8. The fraction of sp³-hybridized carbons (Fsp3) is 0.150. The molecule has 0 aliphatic carbocycles. The van der Waals surface area contributed by atoms with Crippen LogP contribution in [0.15, 0.2) is 59.0 Å². The summed E-state index contributed by atoms with van der Waals surface area (Å²) in [6.45, 7) is 0.640. The molecule has 0 atom stereocenters. The molecule has 5 heteroatoms. The van der Waals surface area contributed by atoms with E-state index in [1.807, 2.05) is 48.5 Å². The lowest BCUT2D eigenvalue weighted by molar-refractivity contribution is 0.0568. The number of benzene rings is 2. The summed E-state index contributed by atoms with van der Waals surface area (Å²) in [5, 5.41) is 0.968. The van der Waals surface area contributed by atoms with Crippen molar-refractivity contribution in [1.82, 2.24) is 4.57 Å². The van der Waals surface area contributed by atoms with Crippen molar-refractivity contribution in [2.45, 2.75) is 6.54 Å². The van der Waals surface area contributed by atoms with Gasteiger partial charge in [-0.15, -0.1) is 0 Å². The molecule has 0 amide bonds. The number of ether oxygens (including phenoxy) is 2. The lowest BCUT2D eigenvalue weighted by Gasteiger charge is -2.08. The normalized spacial score (nSPS) is 11.1. The molecule has 0 aliphatic rings. The molecule has 0 aliphatic heterocycles. The van der Waals surface area contributed by atoms with Crippen LogP contribution in [-0.2, 0) is 11.3 Å². The van der Waals surface area contributed by atoms with E-state index in [-0.39, 0.29) is 5.76 Å². The van der Waals surface area contributed by atoms with E-state index >= 15 is 0 Å². The van der Waals surface area contributed by atoms with Crippen molar-refractivity contribution < 1.29 is 18.7 Å². The summed E-state index contributed by atoms with van der Waals surface area (Å²) in [4.78, 5) is 11.8. The number of rotatable bonds is 4. The van der Waals surface area contributed by atoms with Gasteiger partial charge in [-0.05, 0) is 29.8 Å². The number of carbonyl (C=O) groups is 1. The number of furan rings is 1. The van der Waals surface area contributed by atoms with Crippen LogP contribution in [0.3, 0.4) is 0 Å². The Kier molecular flexibility index (Phi) is 3.69. The Balaban J connectivity index is 1.90. The zero-order chi connectivity index (χ0) is 17.4. The van der Waals surface area contributed by atoms with E-state index in [9.17, 15) is 4.79 Å². The minimum Gasteiger partial charge on any atom is -0.497 e. The van der Waals surface area contributed by atoms with E-state index in [0.717, 1.165) is 27.7 Å². The van der Waals surface area contributed by atoms with Gasteiger partial charge in [0.15, 0.2) is 5.58 Å². The summed E-state index contributed by atoms with van der Waals surface area (Å²) in [5.41, 5.74) is 3.71. The number of carbonyl (C=O) groups excluding carboxylic acids is 1. The fourth-order valence-corrected chi connectivity index (χ4v) is 3.13. The standard InChI is InChI=1S/C20H17NO4/c1-23-14-7-5-6-13(10-14)12-21-16-9-4-3-8-15(16)19-17(21)11-18(25-19)20(22)24-2/h3-11H,12H2,1-2H3. The zero-order valence-corrected chi connectivity index (χ0v) is 14.0. The van der Waals surface area contributed by atoms with Crippen LogP contribution in [0.5, 0.6) is 5.75 Å². The van der Waals surface area contributed by atoms with Gasteiger partial charge in [-0.3, -0.25) is 0 Å². The Morgan fingerprint density at radius 3 is 2.68 bits per heavy atom. The van der Waals surface area contributed by atoms with Crippen LogP contribution < -0.4 is 4.74 Å². The van der Waals surface area contributed by atoms with Crippen molar-refractivity contribution in [3.8, 4) is 5.75 Å². The second kappa shape index (κ2) is 6.02. The minimum atomic E-state index is -0.479. The van der Waals surface area contributed by atoms with E-state index in [1.54, 1.807) is 13.2 Å². The van der Waals surface area contributed by atoms with E-state index in [4.69, 9.17) is 13.9 Å². The predicted molar refractivity (Wildman–Crippen MR) is 95.1 cm³/mol. The Hall–Kier alpha value is -3.21. The molecule has 5 nitrogen and oxygen atoms in total. The summed E-state index contributed by atoms with van der Waals surface area (Å²) in [6, 6.07) is 17.6. The highest BCUT2D eigenvalue weighted by atomic mass is 16.5. The Bertz CT molecular complexity index is 1070. The molecule has 2 aromatic carbocycles. The second-order valence-corrected chi connectivity index (χ2v) is 5.77. The van der Waals surface area contributed by atoms with E-state index in [2.05, 4.69) is 4.57 Å². The van der Waals surface area contributed by atoms with Crippen molar-refractivity contribution >= 4 is 28.0 Å². The number of fused-ring (bicyclic) bond motifs is 3. The lowest BCUT2D eigenvalue weighted by atomic mass is 10.2. The van der Waals surface area contributed by atoms with Gasteiger partial charge in [0.2, 0.25) is 5.76 Å². The highest BCUT2D eigenvalue weighted by molar-refractivity contribution is 6.07. The number of esters is 1. The molecule has 0 saturated heterocycles. The number of aromatic nitrogens is 1. The molecular weight excluding hydrogens is 318 g/mol. The van der Waals surface area contributed by atoms with Crippen molar-refractivity contribution in [1.29, 1.82) is 0 Å². The van der Waals surface area contributed by atoms with Crippen molar-refractivity contribution in [2.75, 3.05) is 14.2 Å². The molecule has 126 valence electrons. The molecule has 4 aromatic rings. The molecule has 0 unspecified atom stereocenters. The Morgan fingerprint density at radius 2 is 1.88 bits per heavy atom. The number of hydrogen-bond donors (Lipinski definition) is 0. The molecule has 2 aromatic heterocycles. The molecule has 0 saturated carbocycles. The largest absolute Gasteiger partial charge is 0.497 e. The molecule has 0 bridgehead atoms. The summed E-state index contributed by atoms with van der Waals surface area (Å²) in [5.74, 6) is 0.540. The van der Waals surface area contributed by atoms with E-state index in [0.29, 0.717) is 12.1 Å². The monoisotopic (exact) mass is 335 g/mol. The van der Waals surface area contributed by atoms with Crippen molar-refractivity contribution in [3.05, 3.63) is 65.9 Å².